The summed E-state index contributed by atoms with van der Waals surface area (Å²) in [4.78, 5) is 23.7. The monoisotopic (exact) mass is 322 g/mol. The Balaban J connectivity index is 1.75. The van der Waals surface area contributed by atoms with Gasteiger partial charge in [0, 0.05) is 24.7 Å². The Kier molecular flexibility index (Phi) is 6.32. The van der Waals surface area contributed by atoms with Gasteiger partial charge in [-0.3, -0.25) is 9.59 Å². The molecule has 2 rings (SSSR count). The minimum atomic E-state index is -0.210. The summed E-state index contributed by atoms with van der Waals surface area (Å²) in [5.41, 5.74) is 3.88. The first-order chi connectivity index (χ1) is 11.5. The van der Waals surface area contributed by atoms with Crippen LogP contribution in [0.3, 0.4) is 0 Å². The molecule has 2 aromatic rings. The van der Waals surface area contributed by atoms with Crippen molar-refractivity contribution in [1.29, 1.82) is 0 Å². The molecule has 0 aliphatic carbocycles. The highest BCUT2D eigenvalue weighted by Crippen LogP contribution is 2.16. The number of benzene rings is 2. The molecule has 0 atom stereocenters. The van der Waals surface area contributed by atoms with Gasteiger partial charge >= 0.3 is 0 Å². The van der Waals surface area contributed by atoms with Crippen LogP contribution < -0.4 is 10.6 Å². The van der Waals surface area contributed by atoms with Crippen molar-refractivity contribution in [3.8, 4) is 0 Å². The predicted octanol–water partition coefficient (Wildman–Crippen LogP) is 3.46. The highest BCUT2D eigenvalue weighted by atomic mass is 16.2. The van der Waals surface area contributed by atoms with Crippen LogP contribution >= 0.6 is 0 Å². The Morgan fingerprint density at radius 2 is 1.79 bits per heavy atom. The third-order valence-corrected chi connectivity index (χ3v) is 3.55. The van der Waals surface area contributed by atoms with Gasteiger partial charge in [0.1, 0.15) is 0 Å². The molecule has 0 fully saturated rings. The van der Waals surface area contributed by atoms with E-state index in [1.54, 1.807) is 6.08 Å². The Bertz CT molecular complexity index is 737. The van der Waals surface area contributed by atoms with Crippen molar-refractivity contribution in [2.24, 2.45) is 0 Å². The number of rotatable bonds is 6. The molecule has 0 radical (unpaired) electrons. The van der Waals surface area contributed by atoms with Gasteiger partial charge in [0.15, 0.2) is 0 Å². The van der Waals surface area contributed by atoms with E-state index in [9.17, 15) is 9.59 Å². The first-order valence-corrected chi connectivity index (χ1v) is 7.92. The first-order valence-electron chi connectivity index (χ1n) is 7.92. The highest BCUT2D eigenvalue weighted by Gasteiger charge is 2.05. The van der Waals surface area contributed by atoms with Crippen molar-refractivity contribution in [3.63, 3.8) is 0 Å². The zero-order valence-corrected chi connectivity index (χ0v) is 14.0. The normalized spacial score (nSPS) is 10.6. The molecule has 0 unspecified atom stereocenters. The van der Waals surface area contributed by atoms with E-state index in [1.807, 2.05) is 62.4 Å². The number of nitrogens with one attached hydrogen (secondary N) is 2. The number of amides is 2. The fraction of sp³-hybridized carbons (Fsp3) is 0.200. The van der Waals surface area contributed by atoms with Gasteiger partial charge in [0.05, 0.1) is 0 Å². The number of hydrogen-bond donors (Lipinski definition) is 2. The SMILES string of the molecule is Cc1ccc(C)c(NC(=O)CCNC(=O)C=Cc2ccccc2)c1. The van der Waals surface area contributed by atoms with Crippen molar-refractivity contribution in [3.05, 3.63) is 71.3 Å². The smallest absolute Gasteiger partial charge is 0.244 e. The second-order valence-corrected chi connectivity index (χ2v) is 5.65. The van der Waals surface area contributed by atoms with E-state index in [4.69, 9.17) is 0 Å². The summed E-state index contributed by atoms with van der Waals surface area (Å²) in [5.74, 6) is -0.325. The van der Waals surface area contributed by atoms with Crippen LogP contribution in [0.25, 0.3) is 6.08 Å². The molecule has 4 heteroatoms. The van der Waals surface area contributed by atoms with Gasteiger partial charge < -0.3 is 10.6 Å². The van der Waals surface area contributed by atoms with E-state index >= 15 is 0 Å². The minimum Gasteiger partial charge on any atom is -0.352 e. The molecule has 24 heavy (non-hydrogen) atoms. The fourth-order valence-electron chi connectivity index (χ4n) is 2.18. The van der Waals surface area contributed by atoms with Crippen molar-refractivity contribution in [2.45, 2.75) is 20.3 Å². The maximum Gasteiger partial charge on any atom is 0.244 e. The van der Waals surface area contributed by atoms with Gasteiger partial charge in [-0.25, -0.2) is 0 Å². The molecule has 4 nitrogen and oxygen atoms in total. The molecule has 2 amide bonds. The van der Waals surface area contributed by atoms with Gasteiger partial charge in [0.25, 0.3) is 0 Å². The molecule has 124 valence electrons. The lowest BCUT2D eigenvalue weighted by molar-refractivity contribution is -0.117. The second-order valence-electron chi connectivity index (χ2n) is 5.65. The van der Waals surface area contributed by atoms with Crippen molar-refractivity contribution >= 4 is 23.6 Å². The van der Waals surface area contributed by atoms with Crippen LogP contribution in [0.5, 0.6) is 0 Å². The van der Waals surface area contributed by atoms with Gasteiger partial charge in [0.2, 0.25) is 11.8 Å². The van der Waals surface area contributed by atoms with Crippen LogP contribution in [-0.2, 0) is 9.59 Å². The average Bonchev–Trinajstić information content (AvgIpc) is 2.57. The van der Waals surface area contributed by atoms with E-state index in [-0.39, 0.29) is 18.2 Å². The number of carbonyl (C=O) groups is 2. The lowest BCUT2D eigenvalue weighted by atomic mass is 10.1. The molecule has 0 saturated carbocycles. The average molecular weight is 322 g/mol. The second kappa shape index (κ2) is 8.67. The predicted molar refractivity (Wildman–Crippen MR) is 97.6 cm³/mol. The van der Waals surface area contributed by atoms with Crippen molar-refractivity contribution in [1.82, 2.24) is 5.32 Å². The van der Waals surface area contributed by atoms with Gasteiger partial charge in [-0.1, -0.05) is 42.5 Å². The first kappa shape index (κ1) is 17.5. The maximum absolute atomic E-state index is 12.0. The zero-order chi connectivity index (χ0) is 17.4. The van der Waals surface area contributed by atoms with Crippen LogP contribution in [0.4, 0.5) is 5.69 Å². The Labute approximate surface area is 142 Å². The number of hydrogen-bond acceptors (Lipinski definition) is 2. The molecule has 0 aromatic heterocycles. The number of carbonyl (C=O) groups excluding carboxylic acids is 2. The Morgan fingerprint density at radius 3 is 2.54 bits per heavy atom. The van der Waals surface area contributed by atoms with Gasteiger partial charge in [-0.2, -0.15) is 0 Å². The molecule has 0 heterocycles. The standard InChI is InChI=1S/C20H22N2O2/c1-15-8-9-16(2)18(14-15)22-20(24)12-13-21-19(23)11-10-17-6-4-3-5-7-17/h3-11,14H,12-13H2,1-2H3,(H,21,23)(H,22,24). The zero-order valence-electron chi connectivity index (χ0n) is 14.0. The molecule has 0 aliphatic rings. The van der Waals surface area contributed by atoms with Crippen LogP contribution in [0.15, 0.2) is 54.6 Å². The van der Waals surface area contributed by atoms with Crippen LogP contribution in [-0.4, -0.2) is 18.4 Å². The van der Waals surface area contributed by atoms with E-state index < -0.39 is 0 Å². The third-order valence-electron chi connectivity index (χ3n) is 3.55. The largest absolute Gasteiger partial charge is 0.352 e. The summed E-state index contributed by atoms with van der Waals surface area (Å²) in [7, 11) is 0. The van der Waals surface area contributed by atoms with Crippen LogP contribution in [0.1, 0.15) is 23.1 Å². The van der Waals surface area contributed by atoms with Crippen molar-refractivity contribution < 1.29 is 9.59 Å². The van der Waals surface area contributed by atoms with Gasteiger partial charge in [-0.15, -0.1) is 0 Å². The van der Waals surface area contributed by atoms with E-state index in [2.05, 4.69) is 10.6 Å². The molecule has 0 spiro atoms. The molecule has 0 saturated heterocycles. The summed E-state index contributed by atoms with van der Waals surface area (Å²) in [5, 5.41) is 5.58. The summed E-state index contributed by atoms with van der Waals surface area (Å²) in [6, 6.07) is 15.5. The fourth-order valence-corrected chi connectivity index (χ4v) is 2.18. The Morgan fingerprint density at radius 1 is 1.04 bits per heavy atom. The third kappa shape index (κ3) is 5.72. The maximum atomic E-state index is 12.0. The summed E-state index contributed by atoms with van der Waals surface area (Å²) in [6.45, 7) is 4.23. The van der Waals surface area contributed by atoms with E-state index in [1.165, 1.54) is 6.08 Å². The summed E-state index contributed by atoms with van der Waals surface area (Å²) >= 11 is 0. The van der Waals surface area contributed by atoms with Gasteiger partial charge in [-0.05, 0) is 42.7 Å². The quantitative estimate of drug-likeness (QED) is 0.800. The molecule has 2 aromatic carbocycles. The number of anilines is 1. The Hall–Kier alpha value is -2.88. The topological polar surface area (TPSA) is 58.2 Å². The lowest BCUT2D eigenvalue weighted by Crippen LogP contribution is -2.26. The molecule has 2 N–H and O–H groups in total. The molecular formula is C20H22N2O2. The highest BCUT2D eigenvalue weighted by molar-refractivity contribution is 5.94. The van der Waals surface area contributed by atoms with Crippen molar-refractivity contribution in [2.75, 3.05) is 11.9 Å². The van der Waals surface area contributed by atoms with E-state index in [0.717, 1.165) is 22.4 Å². The molecule has 0 aliphatic heterocycles. The minimum absolute atomic E-state index is 0.115. The molecule has 0 bridgehead atoms. The summed E-state index contributed by atoms with van der Waals surface area (Å²) in [6.07, 6.45) is 3.45. The van der Waals surface area contributed by atoms with Crippen LogP contribution in [0.2, 0.25) is 0 Å². The molecular weight excluding hydrogens is 300 g/mol. The van der Waals surface area contributed by atoms with E-state index in [0.29, 0.717) is 6.54 Å². The lowest BCUT2D eigenvalue weighted by Gasteiger charge is -2.09. The summed E-state index contributed by atoms with van der Waals surface area (Å²) < 4.78 is 0. The van der Waals surface area contributed by atoms with Crippen LogP contribution in [0, 0.1) is 13.8 Å². The number of aryl methyl sites for hydroxylation is 2.